The quantitative estimate of drug-likeness (QED) is 0.463. The molecule has 2 amide bonds. The van der Waals surface area contributed by atoms with Crippen LogP contribution in [0.2, 0.25) is 5.02 Å². The largest absolute Gasteiger partial charge is 0.434 e. The summed E-state index contributed by atoms with van der Waals surface area (Å²) < 4.78 is 80.9. The molecule has 0 unspecified atom stereocenters. The first-order valence-electron chi connectivity index (χ1n) is 12.8. The van der Waals surface area contributed by atoms with E-state index in [0.717, 1.165) is 35.5 Å². The van der Waals surface area contributed by atoms with Crippen LogP contribution in [-0.4, -0.2) is 96.5 Å². The van der Waals surface area contributed by atoms with Gasteiger partial charge in [-0.15, -0.1) is 0 Å². The lowest BCUT2D eigenvalue weighted by Gasteiger charge is -2.45. The monoisotopic (exact) mass is 584 g/mol. The lowest BCUT2D eigenvalue weighted by Crippen LogP contribution is -2.54. The third-order valence-electron chi connectivity index (χ3n) is 7.98. The number of piperazine rings is 1. The summed E-state index contributed by atoms with van der Waals surface area (Å²) in [4.78, 5) is 31.2. The first kappa shape index (κ1) is 29.6. The van der Waals surface area contributed by atoms with Gasteiger partial charge in [-0.25, -0.2) is 4.79 Å². The normalized spacial score (nSPS) is 20.7. The van der Waals surface area contributed by atoms with Crippen molar-refractivity contribution >= 4 is 29.3 Å². The summed E-state index contributed by atoms with van der Waals surface area (Å²) in [5, 5.41) is 0.585. The van der Waals surface area contributed by atoms with Crippen molar-refractivity contribution in [3.8, 4) is 0 Å². The predicted molar refractivity (Wildman–Crippen MR) is 131 cm³/mol. The third kappa shape index (κ3) is 6.67. The van der Waals surface area contributed by atoms with Gasteiger partial charge in [0.15, 0.2) is 0 Å². The van der Waals surface area contributed by atoms with Gasteiger partial charge in [-0.3, -0.25) is 9.69 Å². The third-order valence-corrected chi connectivity index (χ3v) is 8.22. The molecule has 1 aromatic carbocycles. The van der Waals surface area contributed by atoms with Gasteiger partial charge in [0.25, 0.3) is 6.10 Å². The van der Waals surface area contributed by atoms with Crippen molar-refractivity contribution in [1.29, 1.82) is 0 Å². The molecule has 0 radical (unpaired) electrons. The van der Waals surface area contributed by atoms with Crippen LogP contribution in [0.15, 0.2) is 18.2 Å². The summed E-state index contributed by atoms with van der Waals surface area (Å²) in [7, 11) is 0. The summed E-state index contributed by atoms with van der Waals surface area (Å²) >= 11 is 6.32. The maximum absolute atomic E-state index is 12.8. The van der Waals surface area contributed by atoms with E-state index in [9.17, 15) is 35.9 Å². The molecular weight excluding hydrogens is 554 g/mol. The molecule has 39 heavy (non-hydrogen) atoms. The molecule has 218 valence electrons. The van der Waals surface area contributed by atoms with Crippen molar-refractivity contribution in [2.45, 2.75) is 63.1 Å². The van der Waals surface area contributed by atoms with Crippen molar-refractivity contribution in [1.82, 2.24) is 14.7 Å². The number of halogens is 7. The zero-order valence-electron chi connectivity index (χ0n) is 21.5. The second-order valence-electron chi connectivity index (χ2n) is 10.3. The number of nitrogens with zero attached hydrogens (tertiary/aromatic N) is 4. The standard InChI is InChI=1S/C25H31ClF6N4O3/c1-17(37)33-11-13-34(14-12-33)20-15-19(26)4-3-18(20)16-36-8-2-5-23(36)6-9-35(10-7-23)22(38)39-21(24(27,28)29)25(30,31)32/h3-4,15,21H,2,5-14,16H2,1H3. The van der Waals surface area contributed by atoms with E-state index in [1.165, 1.54) is 0 Å². The number of amides is 2. The Morgan fingerprint density at radius 3 is 2.10 bits per heavy atom. The first-order valence-corrected chi connectivity index (χ1v) is 13.2. The molecule has 0 bridgehead atoms. The number of rotatable bonds is 4. The fourth-order valence-electron chi connectivity index (χ4n) is 5.84. The van der Waals surface area contributed by atoms with Gasteiger partial charge in [0.05, 0.1) is 0 Å². The average Bonchev–Trinajstić information content (AvgIpc) is 3.23. The van der Waals surface area contributed by atoms with Gasteiger partial charge in [0.1, 0.15) is 0 Å². The van der Waals surface area contributed by atoms with E-state index in [-0.39, 0.29) is 24.5 Å². The fourth-order valence-corrected chi connectivity index (χ4v) is 6.01. The lowest BCUT2D eigenvalue weighted by molar-refractivity contribution is -0.308. The molecule has 1 spiro atoms. The van der Waals surface area contributed by atoms with Gasteiger partial charge in [0, 0.05) is 69.0 Å². The van der Waals surface area contributed by atoms with Crippen molar-refractivity contribution in [3.05, 3.63) is 28.8 Å². The van der Waals surface area contributed by atoms with E-state index in [1.54, 1.807) is 11.8 Å². The highest BCUT2D eigenvalue weighted by molar-refractivity contribution is 6.30. The summed E-state index contributed by atoms with van der Waals surface area (Å²) in [5.41, 5.74) is 1.69. The van der Waals surface area contributed by atoms with Crippen LogP contribution < -0.4 is 4.90 Å². The summed E-state index contributed by atoms with van der Waals surface area (Å²) in [6.07, 6.45) is -14.8. The SMILES string of the molecule is CC(=O)N1CCN(c2cc(Cl)ccc2CN2CCCC23CCN(C(=O)OC(C(F)(F)F)C(F)(F)F)CC3)CC1. The summed E-state index contributed by atoms with van der Waals surface area (Å²) in [6.45, 7) is 5.41. The molecule has 3 saturated heterocycles. The molecule has 0 N–H and O–H groups in total. The van der Waals surface area contributed by atoms with Gasteiger partial charge in [-0.05, 0) is 49.9 Å². The van der Waals surface area contributed by atoms with Crippen molar-refractivity contribution in [2.75, 3.05) is 50.7 Å². The first-order chi connectivity index (χ1) is 18.2. The van der Waals surface area contributed by atoms with Gasteiger partial charge in [-0.1, -0.05) is 17.7 Å². The van der Waals surface area contributed by atoms with Crippen molar-refractivity contribution in [3.63, 3.8) is 0 Å². The number of benzene rings is 1. The van der Waals surface area contributed by atoms with Crippen molar-refractivity contribution in [2.24, 2.45) is 0 Å². The van der Waals surface area contributed by atoms with Gasteiger partial charge in [0.2, 0.25) is 5.91 Å². The molecule has 0 aromatic heterocycles. The number of hydrogen-bond donors (Lipinski definition) is 0. The molecule has 7 nitrogen and oxygen atoms in total. The summed E-state index contributed by atoms with van der Waals surface area (Å²) in [5.74, 6) is 0.0301. The van der Waals surface area contributed by atoms with Crippen LogP contribution in [0, 0.1) is 0 Å². The van der Waals surface area contributed by atoms with Crippen LogP contribution in [0.25, 0.3) is 0 Å². The number of carbonyl (C=O) groups excluding carboxylic acids is 2. The fraction of sp³-hybridized carbons (Fsp3) is 0.680. The highest BCUT2D eigenvalue weighted by Gasteiger charge is 2.60. The molecule has 1 aromatic rings. The number of alkyl halides is 6. The zero-order valence-corrected chi connectivity index (χ0v) is 22.2. The molecule has 3 aliphatic heterocycles. The molecule has 3 heterocycles. The van der Waals surface area contributed by atoms with Gasteiger partial charge < -0.3 is 19.4 Å². The number of ether oxygens (including phenoxy) is 1. The van der Waals surface area contributed by atoms with E-state index in [0.29, 0.717) is 50.6 Å². The molecule has 0 atom stereocenters. The number of hydrogen-bond acceptors (Lipinski definition) is 5. The van der Waals surface area contributed by atoms with E-state index >= 15 is 0 Å². The molecule has 0 aliphatic carbocycles. The maximum atomic E-state index is 12.8. The van der Waals surface area contributed by atoms with Crippen LogP contribution in [0.1, 0.15) is 38.2 Å². The van der Waals surface area contributed by atoms with Crippen LogP contribution in [0.4, 0.5) is 36.8 Å². The Morgan fingerprint density at radius 1 is 0.923 bits per heavy atom. The minimum absolute atomic E-state index is 0.00174. The summed E-state index contributed by atoms with van der Waals surface area (Å²) in [6, 6.07) is 5.67. The molecule has 3 fully saturated rings. The maximum Gasteiger partial charge on any atom is 0.434 e. The number of anilines is 1. The topological polar surface area (TPSA) is 56.3 Å². The Morgan fingerprint density at radius 2 is 1.54 bits per heavy atom. The van der Waals surface area contributed by atoms with Crippen LogP contribution in [-0.2, 0) is 16.1 Å². The Kier molecular flexibility index (Phi) is 8.51. The number of carbonyl (C=O) groups is 2. The average molecular weight is 585 g/mol. The zero-order chi connectivity index (χ0) is 28.6. The number of piperidine rings is 1. The molecular formula is C25H31ClF6N4O3. The Hall–Kier alpha value is -2.41. The van der Waals surface area contributed by atoms with E-state index in [1.807, 2.05) is 18.2 Å². The highest BCUT2D eigenvalue weighted by atomic mass is 35.5. The predicted octanol–water partition coefficient (Wildman–Crippen LogP) is 5.07. The minimum Gasteiger partial charge on any atom is -0.426 e. The van der Waals surface area contributed by atoms with Gasteiger partial charge >= 0.3 is 18.4 Å². The Bertz CT molecular complexity index is 1040. The molecule has 3 aliphatic rings. The minimum atomic E-state index is -5.75. The lowest BCUT2D eigenvalue weighted by atomic mass is 9.84. The smallest absolute Gasteiger partial charge is 0.426 e. The van der Waals surface area contributed by atoms with Crippen LogP contribution in [0.5, 0.6) is 0 Å². The van der Waals surface area contributed by atoms with E-state index in [2.05, 4.69) is 14.5 Å². The molecule has 14 heteroatoms. The van der Waals surface area contributed by atoms with Crippen LogP contribution in [0.3, 0.4) is 0 Å². The van der Waals surface area contributed by atoms with Gasteiger partial charge in [-0.2, -0.15) is 26.3 Å². The van der Waals surface area contributed by atoms with E-state index in [4.69, 9.17) is 11.6 Å². The molecule has 4 rings (SSSR count). The molecule has 0 saturated carbocycles. The second-order valence-corrected chi connectivity index (χ2v) is 10.8. The Labute approximate surface area is 227 Å². The van der Waals surface area contributed by atoms with Crippen molar-refractivity contribution < 1.29 is 40.7 Å². The Balaban J connectivity index is 1.42. The van der Waals surface area contributed by atoms with Crippen LogP contribution >= 0.6 is 11.6 Å². The van der Waals surface area contributed by atoms with E-state index < -0.39 is 24.5 Å². The second kappa shape index (κ2) is 11.2. The number of likely N-dealkylation sites (tertiary alicyclic amines) is 2. The highest BCUT2D eigenvalue weighted by Crippen LogP contribution is 2.41.